The van der Waals surface area contributed by atoms with E-state index in [9.17, 15) is 0 Å². The van der Waals surface area contributed by atoms with E-state index in [4.69, 9.17) is 38.3 Å². The van der Waals surface area contributed by atoms with Crippen LogP contribution in [0.5, 0.6) is 17.2 Å². The summed E-state index contributed by atoms with van der Waals surface area (Å²) in [5.74, 6) is 2.25. The first-order valence-corrected chi connectivity index (χ1v) is 14.5. The number of anilines is 1. The second-order valence-corrected chi connectivity index (χ2v) is 11.1. The molecule has 2 atom stereocenters. The molecule has 1 fully saturated rings. The molecule has 3 aromatic carbocycles. The number of ether oxygens (including phenoxy) is 2. The average Bonchev–Trinajstić information content (AvgIpc) is 3.50. The van der Waals surface area contributed by atoms with Crippen LogP contribution >= 0.6 is 23.8 Å². The van der Waals surface area contributed by atoms with Crippen molar-refractivity contribution in [3.8, 4) is 22.9 Å². The molecule has 6 rings (SSSR count). The zero-order valence-electron chi connectivity index (χ0n) is 23.8. The van der Waals surface area contributed by atoms with Gasteiger partial charge in [-0.15, -0.1) is 0 Å². The highest BCUT2D eigenvalue weighted by Crippen LogP contribution is 2.44. The maximum atomic E-state index is 6.53. The number of benzene rings is 3. The fourth-order valence-electron chi connectivity index (χ4n) is 5.70. The normalized spacial score (nSPS) is 16.4. The van der Waals surface area contributed by atoms with Gasteiger partial charge in [0, 0.05) is 34.0 Å². The molecule has 0 bridgehead atoms. The number of rotatable bonds is 7. The maximum Gasteiger partial charge on any atom is 0.174 e. The van der Waals surface area contributed by atoms with E-state index in [0.717, 1.165) is 61.9 Å². The summed E-state index contributed by atoms with van der Waals surface area (Å²) in [4.78, 5) is 6.90. The lowest BCUT2D eigenvalue weighted by Gasteiger charge is -2.28. The van der Waals surface area contributed by atoms with Crippen molar-refractivity contribution in [2.45, 2.75) is 32.9 Å². The largest absolute Gasteiger partial charge is 0.497 e. The first-order valence-electron chi connectivity index (χ1n) is 13.7. The summed E-state index contributed by atoms with van der Waals surface area (Å²) in [6.07, 6.45) is 1.82. The van der Waals surface area contributed by atoms with Crippen LogP contribution in [-0.2, 0) is 0 Å². The van der Waals surface area contributed by atoms with E-state index in [1.54, 1.807) is 7.11 Å². The van der Waals surface area contributed by atoms with Crippen LogP contribution in [0.15, 0.2) is 97.2 Å². The van der Waals surface area contributed by atoms with Crippen LogP contribution in [0.3, 0.4) is 0 Å². The zero-order valence-corrected chi connectivity index (χ0v) is 25.4. The highest BCUT2D eigenvalue weighted by atomic mass is 35.5. The molecule has 1 aliphatic rings. The first-order chi connectivity index (χ1) is 20.4. The molecular weight excluding hydrogens is 564 g/mol. The number of nitrogens with one attached hydrogen (secondary N) is 1. The Balaban J connectivity index is 1.40. The van der Waals surface area contributed by atoms with Crippen LogP contribution in [0.1, 0.15) is 40.3 Å². The van der Waals surface area contributed by atoms with Crippen LogP contribution in [0.25, 0.3) is 5.69 Å². The monoisotopic (exact) mass is 594 g/mol. The van der Waals surface area contributed by atoms with Crippen LogP contribution in [0.2, 0.25) is 5.02 Å². The van der Waals surface area contributed by atoms with Gasteiger partial charge in [-0.05, 0) is 123 Å². The van der Waals surface area contributed by atoms with Gasteiger partial charge in [0.25, 0.3) is 0 Å². The van der Waals surface area contributed by atoms with Crippen molar-refractivity contribution >= 4 is 34.6 Å². The highest BCUT2D eigenvalue weighted by molar-refractivity contribution is 7.80. The Morgan fingerprint density at radius 3 is 2.21 bits per heavy atom. The molecule has 0 saturated carbocycles. The van der Waals surface area contributed by atoms with Gasteiger partial charge in [-0.25, -0.2) is 0 Å². The average molecular weight is 595 g/mol. The minimum atomic E-state index is -0.150. The zero-order chi connectivity index (χ0) is 29.4. The van der Waals surface area contributed by atoms with E-state index in [2.05, 4.69) is 47.7 Å². The van der Waals surface area contributed by atoms with Crippen molar-refractivity contribution in [1.29, 1.82) is 0 Å². The summed E-state index contributed by atoms with van der Waals surface area (Å²) in [6, 6.07) is 29.5. The van der Waals surface area contributed by atoms with Crippen LogP contribution in [0.4, 0.5) is 5.69 Å². The molecule has 8 heteroatoms. The van der Waals surface area contributed by atoms with E-state index in [0.29, 0.717) is 5.11 Å². The third kappa shape index (κ3) is 5.10. The van der Waals surface area contributed by atoms with Crippen molar-refractivity contribution in [3.05, 3.63) is 130 Å². The Morgan fingerprint density at radius 2 is 1.55 bits per heavy atom. The number of thiocarbonyl (C=S) groups is 1. The van der Waals surface area contributed by atoms with Crippen molar-refractivity contribution < 1.29 is 9.47 Å². The number of aryl methyl sites for hydroxylation is 1. The quantitative estimate of drug-likeness (QED) is 0.191. The van der Waals surface area contributed by atoms with Gasteiger partial charge in [0.05, 0.1) is 24.9 Å². The second-order valence-electron chi connectivity index (χ2n) is 10.3. The fraction of sp³-hybridized carbons (Fsp3) is 0.176. The lowest BCUT2D eigenvalue weighted by Crippen LogP contribution is -2.29. The van der Waals surface area contributed by atoms with Crippen molar-refractivity contribution in [2.75, 3.05) is 12.0 Å². The molecule has 1 N–H and O–H groups in total. The highest BCUT2D eigenvalue weighted by Gasteiger charge is 2.42. The Kier molecular flexibility index (Phi) is 7.62. The van der Waals surface area contributed by atoms with Gasteiger partial charge in [0.1, 0.15) is 17.2 Å². The summed E-state index contributed by atoms with van der Waals surface area (Å²) in [6.45, 7) is 6.34. The number of nitrogens with zero attached hydrogens (tertiary/aromatic N) is 3. The van der Waals surface area contributed by atoms with Gasteiger partial charge < -0.3 is 24.3 Å². The Hall–Kier alpha value is -4.33. The summed E-state index contributed by atoms with van der Waals surface area (Å²) in [5, 5.41) is 4.96. The second kappa shape index (κ2) is 11.5. The van der Waals surface area contributed by atoms with E-state index in [1.807, 2.05) is 85.1 Å². The van der Waals surface area contributed by atoms with Crippen molar-refractivity contribution in [2.24, 2.45) is 0 Å². The lowest BCUT2D eigenvalue weighted by atomic mass is 9.96. The molecule has 1 aliphatic heterocycles. The topological polar surface area (TPSA) is 51.6 Å². The molecule has 1 saturated heterocycles. The third-order valence-electron chi connectivity index (χ3n) is 7.78. The van der Waals surface area contributed by atoms with E-state index in [-0.39, 0.29) is 12.1 Å². The molecule has 0 aliphatic carbocycles. The summed E-state index contributed by atoms with van der Waals surface area (Å²) < 4.78 is 13.6. The van der Waals surface area contributed by atoms with Crippen molar-refractivity contribution in [3.63, 3.8) is 0 Å². The smallest absolute Gasteiger partial charge is 0.174 e. The Morgan fingerprint density at radius 1 is 0.857 bits per heavy atom. The van der Waals surface area contributed by atoms with Gasteiger partial charge in [-0.2, -0.15) is 0 Å². The molecule has 2 unspecified atom stereocenters. The van der Waals surface area contributed by atoms with E-state index < -0.39 is 0 Å². The van der Waals surface area contributed by atoms with Crippen LogP contribution in [-0.4, -0.2) is 21.8 Å². The predicted octanol–water partition coefficient (Wildman–Crippen LogP) is 8.43. The summed E-state index contributed by atoms with van der Waals surface area (Å²) >= 11 is 12.5. The first kappa shape index (κ1) is 27.8. The SMILES string of the molecule is COc1ccc(Oc2ccc(N3C(=S)NC(c4ccccn4)C3c3cc(C)n(-c4cccc(Cl)c4C)c3C)cc2)cc1. The van der Waals surface area contributed by atoms with Gasteiger partial charge in [0.2, 0.25) is 0 Å². The number of hydrogen-bond donors (Lipinski definition) is 1. The molecule has 42 heavy (non-hydrogen) atoms. The Labute approximate surface area is 256 Å². The number of methoxy groups -OCH3 is 1. The molecule has 2 aromatic heterocycles. The molecule has 3 heterocycles. The van der Waals surface area contributed by atoms with Crippen molar-refractivity contribution in [1.82, 2.24) is 14.9 Å². The number of aromatic nitrogens is 2. The molecule has 212 valence electrons. The minimum Gasteiger partial charge on any atom is -0.497 e. The number of hydrogen-bond acceptors (Lipinski definition) is 4. The minimum absolute atomic E-state index is 0.139. The maximum absolute atomic E-state index is 6.53. The molecule has 0 amide bonds. The fourth-order valence-corrected chi connectivity index (χ4v) is 6.22. The Bertz CT molecular complexity index is 1740. The molecular formula is C34H31ClN4O2S. The van der Waals surface area contributed by atoms with Crippen LogP contribution in [0, 0.1) is 20.8 Å². The third-order valence-corrected chi connectivity index (χ3v) is 8.50. The molecule has 5 aromatic rings. The molecule has 0 radical (unpaired) electrons. The number of halogens is 1. The van der Waals surface area contributed by atoms with Crippen LogP contribution < -0.4 is 19.7 Å². The summed E-state index contributed by atoms with van der Waals surface area (Å²) in [5.41, 5.74) is 7.40. The standard InChI is InChI=1S/C34H31ClN4O2S/c1-21-20-28(23(3)38(21)31-10-7-8-29(35)22(31)2)33-32(30-9-5-6-19-36-30)37-34(42)39(33)24-11-13-26(14-12-24)41-27-17-15-25(40-4)16-18-27/h5-20,32-33H,1-4H3,(H,37,42). The van der Waals surface area contributed by atoms with Gasteiger partial charge in [-0.1, -0.05) is 23.7 Å². The molecule has 6 nitrogen and oxygen atoms in total. The van der Waals surface area contributed by atoms with E-state index >= 15 is 0 Å². The lowest BCUT2D eigenvalue weighted by molar-refractivity contribution is 0.413. The summed E-state index contributed by atoms with van der Waals surface area (Å²) in [7, 11) is 1.65. The van der Waals surface area contributed by atoms with Gasteiger partial charge in [-0.3, -0.25) is 4.98 Å². The van der Waals surface area contributed by atoms with Gasteiger partial charge in [0.15, 0.2) is 5.11 Å². The van der Waals surface area contributed by atoms with E-state index in [1.165, 1.54) is 0 Å². The number of pyridine rings is 1. The predicted molar refractivity (Wildman–Crippen MR) is 172 cm³/mol. The molecule has 0 spiro atoms. The van der Waals surface area contributed by atoms with Gasteiger partial charge >= 0.3 is 0 Å².